The Labute approximate surface area is 146 Å². The number of carbonyl (C=O) groups excluding carboxylic acids is 1. The number of carbonyl (C=O) groups is 1. The van der Waals surface area contributed by atoms with E-state index in [1.54, 1.807) is 47.0 Å². The van der Waals surface area contributed by atoms with Crippen LogP contribution in [0.25, 0.3) is 5.69 Å². The van der Waals surface area contributed by atoms with E-state index in [1.807, 2.05) is 18.4 Å². The van der Waals surface area contributed by atoms with Gasteiger partial charge in [-0.15, -0.1) is 0 Å². The SMILES string of the molecule is CSC(CC(=O)N(C)c1cn(-c2cccnc2)nc1Cl)C(C)C. The van der Waals surface area contributed by atoms with Gasteiger partial charge in [0.15, 0.2) is 5.15 Å². The molecule has 0 fully saturated rings. The van der Waals surface area contributed by atoms with Gasteiger partial charge in [0, 0.05) is 24.9 Å². The van der Waals surface area contributed by atoms with Gasteiger partial charge in [-0.05, 0) is 24.3 Å². The third-order valence-electron chi connectivity index (χ3n) is 3.72. The number of thioether (sulfide) groups is 1. The van der Waals surface area contributed by atoms with Gasteiger partial charge in [0.25, 0.3) is 0 Å². The molecule has 0 aromatic carbocycles. The van der Waals surface area contributed by atoms with Crippen molar-refractivity contribution in [3.05, 3.63) is 35.9 Å². The van der Waals surface area contributed by atoms with Crippen molar-refractivity contribution in [2.45, 2.75) is 25.5 Å². The second-order valence-corrected chi connectivity index (χ2v) is 7.07. The highest BCUT2D eigenvalue weighted by atomic mass is 35.5. The Bertz CT molecular complexity index is 659. The van der Waals surface area contributed by atoms with Crippen LogP contribution in [0.3, 0.4) is 0 Å². The molecule has 1 amide bonds. The van der Waals surface area contributed by atoms with E-state index in [2.05, 4.69) is 23.9 Å². The summed E-state index contributed by atoms with van der Waals surface area (Å²) in [4.78, 5) is 18.2. The molecule has 0 aliphatic rings. The summed E-state index contributed by atoms with van der Waals surface area (Å²) in [5.41, 5.74) is 1.40. The van der Waals surface area contributed by atoms with Crippen LogP contribution in [0.2, 0.25) is 5.15 Å². The van der Waals surface area contributed by atoms with E-state index >= 15 is 0 Å². The van der Waals surface area contributed by atoms with Gasteiger partial charge in [-0.2, -0.15) is 16.9 Å². The smallest absolute Gasteiger partial charge is 0.227 e. The second kappa shape index (κ2) is 7.84. The van der Waals surface area contributed by atoms with Crippen molar-refractivity contribution in [3.8, 4) is 5.69 Å². The third-order valence-corrected chi connectivity index (χ3v) is 5.31. The van der Waals surface area contributed by atoms with E-state index in [-0.39, 0.29) is 11.2 Å². The Morgan fingerprint density at radius 3 is 2.78 bits per heavy atom. The largest absolute Gasteiger partial charge is 0.311 e. The van der Waals surface area contributed by atoms with Crippen LogP contribution < -0.4 is 4.90 Å². The Morgan fingerprint density at radius 2 is 2.22 bits per heavy atom. The van der Waals surface area contributed by atoms with Crippen molar-refractivity contribution in [1.82, 2.24) is 14.8 Å². The standard InChI is InChI=1S/C16H21ClN4OS/c1-11(2)14(23-4)8-15(22)20(3)13-10-21(19-16(13)17)12-6-5-7-18-9-12/h5-7,9-11,14H,8H2,1-4H3. The molecule has 1 atom stereocenters. The molecule has 5 nitrogen and oxygen atoms in total. The van der Waals surface area contributed by atoms with Crippen molar-refractivity contribution >= 4 is 35.0 Å². The predicted molar refractivity (Wildman–Crippen MR) is 96.5 cm³/mol. The highest BCUT2D eigenvalue weighted by Gasteiger charge is 2.22. The predicted octanol–water partition coefficient (Wildman–Crippen LogP) is 3.66. The summed E-state index contributed by atoms with van der Waals surface area (Å²) in [7, 11) is 1.73. The molecule has 0 aliphatic heterocycles. The molecule has 7 heteroatoms. The summed E-state index contributed by atoms with van der Waals surface area (Å²) in [6.45, 7) is 4.25. The van der Waals surface area contributed by atoms with Gasteiger partial charge in [0.2, 0.25) is 5.91 Å². The minimum absolute atomic E-state index is 0.0330. The lowest BCUT2D eigenvalue weighted by Crippen LogP contribution is -2.30. The minimum Gasteiger partial charge on any atom is -0.311 e. The number of hydrogen-bond acceptors (Lipinski definition) is 4. The number of nitrogens with zero attached hydrogens (tertiary/aromatic N) is 4. The molecule has 0 aliphatic carbocycles. The normalized spacial score (nSPS) is 12.4. The first-order valence-corrected chi connectivity index (χ1v) is 9.05. The van der Waals surface area contributed by atoms with Crippen LogP contribution in [0.5, 0.6) is 0 Å². The fourth-order valence-corrected chi connectivity index (χ4v) is 3.34. The maximum atomic E-state index is 12.5. The average molecular weight is 353 g/mol. The van der Waals surface area contributed by atoms with Gasteiger partial charge < -0.3 is 4.90 Å². The highest BCUT2D eigenvalue weighted by Crippen LogP contribution is 2.27. The van der Waals surface area contributed by atoms with E-state index in [1.165, 1.54) is 0 Å². The molecular weight excluding hydrogens is 332 g/mol. The Morgan fingerprint density at radius 1 is 1.48 bits per heavy atom. The van der Waals surface area contributed by atoms with Gasteiger partial charge in [-0.25, -0.2) is 4.68 Å². The lowest BCUT2D eigenvalue weighted by molar-refractivity contribution is -0.118. The van der Waals surface area contributed by atoms with Crippen LogP contribution in [-0.2, 0) is 4.79 Å². The van der Waals surface area contributed by atoms with E-state index in [0.717, 1.165) is 5.69 Å². The van der Waals surface area contributed by atoms with E-state index in [9.17, 15) is 4.79 Å². The first kappa shape index (κ1) is 17.8. The number of amides is 1. The highest BCUT2D eigenvalue weighted by molar-refractivity contribution is 7.99. The van der Waals surface area contributed by atoms with E-state index in [0.29, 0.717) is 23.2 Å². The number of anilines is 1. The van der Waals surface area contributed by atoms with Gasteiger partial charge >= 0.3 is 0 Å². The van der Waals surface area contributed by atoms with Crippen molar-refractivity contribution in [2.75, 3.05) is 18.2 Å². The molecular formula is C16H21ClN4OS. The molecule has 2 aromatic rings. The van der Waals surface area contributed by atoms with Gasteiger partial charge in [-0.1, -0.05) is 25.4 Å². The average Bonchev–Trinajstić information content (AvgIpc) is 2.94. The quantitative estimate of drug-likeness (QED) is 0.796. The summed E-state index contributed by atoms with van der Waals surface area (Å²) in [5, 5.41) is 4.85. The zero-order valence-electron chi connectivity index (χ0n) is 13.7. The van der Waals surface area contributed by atoms with E-state index < -0.39 is 0 Å². The second-order valence-electron chi connectivity index (χ2n) is 5.64. The zero-order valence-corrected chi connectivity index (χ0v) is 15.3. The maximum Gasteiger partial charge on any atom is 0.227 e. The molecule has 0 bridgehead atoms. The first-order chi connectivity index (χ1) is 10.9. The first-order valence-electron chi connectivity index (χ1n) is 7.39. The van der Waals surface area contributed by atoms with Gasteiger partial charge in [0.05, 0.1) is 18.1 Å². The van der Waals surface area contributed by atoms with Crippen LogP contribution in [0.4, 0.5) is 5.69 Å². The Kier molecular flexibility index (Phi) is 6.07. The molecule has 0 radical (unpaired) electrons. The number of aromatic nitrogens is 3. The van der Waals surface area contributed by atoms with E-state index in [4.69, 9.17) is 11.6 Å². The zero-order chi connectivity index (χ0) is 17.0. The fourth-order valence-electron chi connectivity index (χ4n) is 2.22. The molecule has 2 heterocycles. The summed E-state index contributed by atoms with van der Waals surface area (Å²) < 4.78 is 1.63. The van der Waals surface area contributed by atoms with Crippen LogP contribution in [0, 0.1) is 5.92 Å². The molecule has 0 saturated heterocycles. The van der Waals surface area contributed by atoms with Crippen molar-refractivity contribution in [3.63, 3.8) is 0 Å². The number of pyridine rings is 1. The van der Waals surface area contributed by atoms with Crippen molar-refractivity contribution in [1.29, 1.82) is 0 Å². The van der Waals surface area contributed by atoms with Crippen LogP contribution in [0.15, 0.2) is 30.7 Å². The number of hydrogen-bond donors (Lipinski definition) is 0. The van der Waals surface area contributed by atoms with Crippen LogP contribution in [-0.4, -0.2) is 39.2 Å². The Hall–Kier alpha value is -1.53. The summed E-state index contributed by atoms with van der Waals surface area (Å²) >= 11 is 7.93. The summed E-state index contributed by atoms with van der Waals surface area (Å²) in [6, 6.07) is 3.70. The minimum atomic E-state index is 0.0330. The van der Waals surface area contributed by atoms with Gasteiger partial charge in [-0.3, -0.25) is 9.78 Å². The Balaban J connectivity index is 2.18. The maximum absolute atomic E-state index is 12.5. The lowest BCUT2D eigenvalue weighted by atomic mass is 10.1. The molecule has 124 valence electrons. The molecule has 0 N–H and O–H groups in total. The summed E-state index contributed by atoms with van der Waals surface area (Å²) in [5.74, 6) is 0.474. The monoisotopic (exact) mass is 352 g/mol. The third kappa shape index (κ3) is 4.26. The van der Waals surface area contributed by atoms with Crippen LogP contribution >= 0.6 is 23.4 Å². The van der Waals surface area contributed by atoms with Crippen molar-refractivity contribution in [2.24, 2.45) is 5.92 Å². The van der Waals surface area contributed by atoms with Crippen LogP contribution in [0.1, 0.15) is 20.3 Å². The molecule has 2 rings (SSSR count). The summed E-state index contributed by atoms with van der Waals surface area (Å²) in [6.07, 6.45) is 7.65. The lowest BCUT2D eigenvalue weighted by Gasteiger charge is -2.22. The van der Waals surface area contributed by atoms with Crippen molar-refractivity contribution < 1.29 is 4.79 Å². The molecule has 0 saturated carbocycles. The number of halogens is 1. The molecule has 23 heavy (non-hydrogen) atoms. The molecule has 0 spiro atoms. The van der Waals surface area contributed by atoms with Gasteiger partial charge in [0.1, 0.15) is 5.69 Å². The fraction of sp³-hybridized carbons (Fsp3) is 0.438. The topological polar surface area (TPSA) is 51.0 Å². The number of rotatable bonds is 6. The molecule has 1 unspecified atom stereocenters. The molecule has 2 aromatic heterocycles.